The van der Waals surface area contributed by atoms with Crippen LogP contribution in [-0.4, -0.2) is 35.4 Å². The predicted octanol–water partition coefficient (Wildman–Crippen LogP) is 9.06. The SMILES string of the molecule is c1ccc(-c2nc(-c3ccccc3)nc(-c3cccc4ccc(-c5ccc6c(c5)[te]c5ccccc56)cc34)n2)cc1. The molecule has 0 bridgehead atoms. The van der Waals surface area contributed by atoms with E-state index in [9.17, 15) is 0 Å². The van der Waals surface area contributed by atoms with E-state index in [0.717, 1.165) is 27.5 Å². The van der Waals surface area contributed by atoms with Gasteiger partial charge in [-0.1, -0.05) is 36.4 Å². The molecule has 8 rings (SSSR count). The van der Waals surface area contributed by atoms with Crippen molar-refractivity contribution in [2.75, 3.05) is 0 Å². The maximum atomic E-state index is 5.01. The molecule has 2 heterocycles. The summed E-state index contributed by atoms with van der Waals surface area (Å²) in [7, 11) is 0. The minimum absolute atomic E-state index is 0.372. The van der Waals surface area contributed by atoms with E-state index in [1.807, 2.05) is 60.7 Å². The van der Waals surface area contributed by atoms with Gasteiger partial charge in [0.1, 0.15) is 0 Å². The van der Waals surface area contributed by atoms with Crippen molar-refractivity contribution < 1.29 is 0 Å². The molecule has 2 aromatic heterocycles. The second-order valence-corrected chi connectivity index (χ2v) is 13.2. The molecule has 3 nitrogen and oxygen atoms in total. The van der Waals surface area contributed by atoms with Gasteiger partial charge in [-0.3, -0.25) is 0 Å². The van der Waals surface area contributed by atoms with Gasteiger partial charge in [0.05, 0.1) is 0 Å². The van der Waals surface area contributed by atoms with Gasteiger partial charge in [-0.15, -0.1) is 0 Å². The van der Waals surface area contributed by atoms with Crippen LogP contribution < -0.4 is 0 Å². The van der Waals surface area contributed by atoms with Crippen LogP contribution in [0, 0.1) is 0 Å². The van der Waals surface area contributed by atoms with Gasteiger partial charge in [0.2, 0.25) is 0 Å². The third kappa shape index (κ3) is 4.43. The van der Waals surface area contributed by atoms with E-state index < -0.39 is 0 Å². The van der Waals surface area contributed by atoms with Crippen LogP contribution in [-0.2, 0) is 0 Å². The molecule has 0 atom stereocenters. The molecule has 0 radical (unpaired) electrons. The number of hydrogen-bond donors (Lipinski definition) is 0. The van der Waals surface area contributed by atoms with Gasteiger partial charge in [-0.05, 0) is 0 Å². The zero-order valence-corrected chi connectivity index (χ0v) is 24.4. The average molecular weight is 637 g/mol. The second-order valence-electron chi connectivity index (χ2n) is 10.1. The Morgan fingerprint density at radius 1 is 0.366 bits per heavy atom. The predicted molar refractivity (Wildman–Crippen MR) is 171 cm³/mol. The summed E-state index contributed by atoms with van der Waals surface area (Å²) in [5.74, 6) is 2.02. The molecule has 0 aliphatic heterocycles. The van der Waals surface area contributed by atoms with Crippen molar-refractivity contribution >= 4 is 48.8 Å². The Kier molecular flexibility index (Phi) is 5.95. The summed E-state index contributed by atoms with van der Waals surface area (Å²) in [6, 6.07) is 49.2. The molecule has 0 unspecified atom stereocenters. The summed E-state index contributed by atoms with van der Waals surface area (Å²) in [6.07, 6.45) is 0. The summed E-state index contributed by atoms with van der Waals surface area (Å²) in [6.45, 7) is 0. The Morgan fingerprint density at radius 3 is 1.73 bits per heavy atom. The Bertz CT molecular complexity index is 2140. The number of rotatable bonds is 4. The monoisotopic (exact) mass is 639 g/mol. The maximum absolute atomic E-state index is 5.01. The van der Waals surface area contributed by atoms with Crippen molar-refractivity contribution in [3.05, 3.63) is 140 Å². The van der Waals surface area contributed by atoms with Crippen molar-refractivity contribution in [1.82, 2.24) is 15.0 Å². The number of benzene rings is 6. The van der Waals surface area contributed by atoms with E-state index in [2.05, 4.69) is 78.9 Å². The molecule has 4 heteroatoms. The Morgan fingerprint density at radius 2 is 0.976 bits per heavy atom. The van der Waals surface area contributed by atoms with Crippen molar-refractivity contribution in [2.45, 2.75) is 0 Å². The van der Waals surface area contributed by atoms with Crippen LogP contribution in [0.3, 0.4) is 0 Å². The quantitative estimate of drug-likeness (QED) is 0.181. The zero-order chi connectivity index (χ0) is 27.2. The number of fused-ring (bicyclic) bond motifs is 4. The molecule has 0 aliphatic carbocycles. The third-order valence-corrected chi connectivity index (χ3v) is 10.8. The summed E-state index contributed by atoms with van der Waals surface area (Å²) >= 11 is -0.372. The van der Waals surface area contributed by atoms with Crippen LogP contribution >= 0.6 is 0 Å². The van der Waals surface area contributed by atoms with E-state index in [1.165, 1.54) is 28.7 Å². The molecular weight excluding hydrogens is 614 g/mol. The minimum atomic E-state index is -0.372. The fraction of sp³-hybridized carbons (Fsp3) is 0. The normalized spacial score (nSPS) is 11.4. The van der Waals surface area contributed by atoms with Gasteiger partial charge in [-0.25, -0.2) is 0 Å². The van der Waals surface area contributed by atoms with Crippen LogP contribution in [0.25, 0.3) is 73.6 Å². The molecular formula is C37H23N3Te. The van der Waals surface area contributed by atoms with Crippen molar-refractivity contribution in [2.24, 2.45) is 0 Å². The molecule has 0 fully saturated rings. The van der Waals surface area contributed by atoms with Crippen LogP contribution in [0.1, 0.15) is 0 Å². The first-order valence-electron chi connectivity index (χ1n) is 13.6. The van der Waals surface area contributed by atoms with Crippen molar-refractivity contribution in [3.63, 3.8) is 0 Å². The fourth-order valence-corrected chi connectivity index (χ4v) is 8.75. The van der Waals surface area contributed by atoms with Gasteiger partial charge in [0.25, 0.3) is 0 Å². The third-order valence-electron chi connectivity index (χ3n) is 7.53. The number of hydrogen-bond acceptors (Lipinski definition) is 3. The molecule has 0 amide bonds. The van der Waals surface area contributed by atoms with E-state index in [1.54, 1.807) is 0 Å². The first-order valence-corrected chi connectivity index (χ1v) is 15.9. The van der Waals surface area contributed by atoms with E-state index in [0.29, 0.717) is 17.5 Å². The smallest absolute Gasteiger partial charge is 0.0615 e. The number of aromatic nitrogens is 3. The minimum Gasteiger partial charge on any atom is -0.0615 e. The number of nitrogens with zero attached hydrogens (tertiary/aromatic N) is 3. The summed E-state index contributed by atoms with van der Waals surface area (Å²) in [5.41, 5.74) is 5.40. The van der Waals surface area contributed by atoms with Gasteiger partial charge < -0.3 is 0 Å². The van der Waals surface area contributed by atoms with Gasteiger partial charge in [0.15, 0.2) is 0 Å². The second kappa shape index (κ2) is 10.1. The molecule has 8 aromatic rings. The van der Waals surface area contributed by atoms with Crippen LogP contribution in [0.2, 0.25) is 0 Å². The Balaban J connectivity index is 1.31. The summed E-state index contributed by atoms with van der Waals surface area (Å²) < 4.78 is 3.05. The molecule has 0 saturated heterocycles. The standard InChI is InChI=1S/C37H23N3Te/c1-3-10-25(11-4-1)35-38-36(26-12-5-2-6-13-26)40-37(39-35)31-16-9-14-24-18-19-27(22-32(24)31)28-20-21-30-29-15-7-8-17-33(29)41-34(30)23-28/h1-23H. The summed E-state index contributed by atoms with van der Waals surface area (Å²) in [5, 5.41) is 5.11. The molecule has 41 heavy (non-hydrogen) atoms. The van der Waals surface area contributed by atoms with Gasteiger partial charge in [-0.2, -0.15) is 0 Å². The van der Waals surface area contributed by atoms with Crippen LogP contribution in [0.5, 0.6) is 0 Å². The van der Waals surface area contributed by atoms with E-state index >= 15 is 0 Å². The topological polar surface area (TPSA) is 38.7 Å². The van der Waals surface area contributed by atoms with Gasteiger partial charge >= 0.3 is 212 Å². The Hall–Kier alpha value is -4.62. The molecule has 0 spiro atoms. The molecule has 0 saturated carbocycles. The van der Waals surface area contributed by atoms with Crippen molar-refractivity contribution in [1.29, 1.82) is 0 Å². The summed E-state index contributed by atoms with van der Waals surface area (Å²) in [4.78, 5) is 14.9. The molecule has 0 aliphatic rings. The molecule has 0 N–H and O–H groups in total. The van der Waals surface area contributed by atoms with Crippen LogP contribution in [0.4, 0.5) is 0 Å². The van der Waals surface area contributed by atoms with Gasteiger partial charge in [0, 0.05) is 0 Å². The first kappa shape index (κ1) is 24.2. The molecule has 6 aromatic carbocycles. The van der Waals surface area contributed by atoms with E-state index in [-0.39, 0.29) is 20.4 Å². The Labute approximate surface area is 247 Å². The zero-order valence-electron chi connectivity index (χ0n) is 22.0. The average Bonchev–Trinajstić information content (AvgIpc) is 3.43. The van der Waals surface area contributed by atoms with Crippen LogP contribution in [0.15, 0.2) is 140 Å². The van der Waals surface area contributed by atoms with E-state index in [4.69, 9.17) is 15.0 Å². The molecule has 192 valence electrons. The fourth-order valence-electron chi connectivity index (χ4n) is 5.48. The van der Waals surface area contributed by atoms with Crippen molar-refractivity contribution in [3.8, 4) is 45.3 Å². The first-order chi connectivity index (χ1) is 20.3.